The van der Waals surface area contributed by atoms with Gasteiger partial charge in [0.15, 0.2) is 0 Å². The number of rotatable bonds is 2. The summed E-state index contributed by atoms with van der Waals surface area (Å²) in [4.78, 5) is 11.9. The van der Waals surface area contributed by atoms with E-state index in [9.17, 15) is 4.79 Å². The monoisotopic (exact) mass is 174 g/mol. The fourth-order valence-electron chi connectivity index (χ4n) is 1.35. The van der Waals surface area contributed by atoms with Crippen molar-refractivity contribution in [3.8, 4) is 0 Å². The maximum atomic E-state index is 10.5. The Hall–Kier alpha value is -0.810. The first-order valence-electron chi connectivity index (χ1n) is 4.06. The summed E-state index contributed by atoms with van der Waals surface area (Å²) in [5.41, 5.74) is 0. The molecule has 5 nitrogen and oxygen atoms in total. The Bertz CT molecular complexity index is 161. The van der Waals surface area contributed by atoms with Crippen molar-refractivity contribution in [3.63, 3.8) is 0 Å². The lowest BCUT2D eigenvalue weighted by atomic mass is 10.1. The summed E-state index contributed by atoms with van der Waals surface area (Å²) >= 11 is 0. The van der Waals surface area contributed by atoms with E-state index in [1.165, 1.54) is 4.90 Å². The van der Waals surface area contributed by atoms with Crippen LogP contribution in [0.3, 0.4) is 0 Å². The van der Waals surface area contributed by atoms with Gasteiger partial charge in [-0.2, -0.15) is 0 Å². The average molecular weight is 174 g/mol. The third-order valence-corrected chi connectivity index (χ3v) is 2.00. The Balaban J connectivity index is 2.35. The van der Waals surface area contributed by atoms with E-state index in [0.29, 0.717) is 26.1 Å². The molecule has 0 bridgehead atoms. The van der Waals surface area contributed by atoms with Crippen molar-refractivity contribution in [1.29, 1.82) is 0 Å². The number of aliphatic hydroxyl groups excluding tert-OH is 1. The van der Waals surface area contributed by atoms with Crippen molar-refractivity contribution in [3.05, 3.63) is 0 Å². The average Bonchev–Trinajstić information content (AvgIpc) is 2.05. The summed E-state index contributed by atoms with van der Waals surface area (Å²) in [5.74, 6) is 0. The maximum Gasteiger partial charge on any atom is 0.407 e. The third kappa shape index (κ3) is 2.35. The fourth-order valence-corrected chi connectivity index (χ4v) is 1.35. The molecular weight excluding hydrogens is 160 g/mol. The highest BCUT2D eigenvalue weighted by molar-refractivity contribution is 5.65. The molecule has 1 amide bonds. The topological polar surface area (TPSA) is 72.8 Å². The number of amides is 1. The first-order valence-corrected chi connectivity index (χ1v) is 4.06. The molecule has 0 aliphatic carbocycles. The molecule has 0 aromatic rings. The van der Waals surface area contributed by atoms with Gasteiger partial charge in [-0.05, 0) is 6.42 Å². The van der Waals surface area contributed by atoms with Crippen LogP contribution in [0.1, 0.15) is 6.42 Å². The van der Waals surface area contributed by atoms with Crippen LogP contribution in [-0.2, 0) is 0 Å². The Labute approximate surface area is 71.0 Å². The number of piperazine rings is 1. The second-order valence-electron chi connectivity index (χ2n) is 2.89. The highest BCUT2D eigenvalue weighted by atomic mass is 16.4. The molecule has 1 aliphatic rings. The number of carbonyl (C=O) groups is 1. The van der Waals surface area contributed by atoms with Gasteiger partial charge in [0, 0.05) is 32.3 Å². The van der Waals surface area contributed by atoms with Crippen molar-refractivity contribution < 1.29 is 15.0 Å². The van der Waals surface area contributed by atoms with E-state index in [1.807, 2.05) is 0 Å². The van der Waals surface area contributed by atoms with E-state index in [-0.39, 0.29) is 12.6 Å². The lowest BCUT2D eigenvalue weighted by Crippen LogP contribution is -2.52. The second kappa shape index (κ2) is 4.27. The predicted octanol–water partition coefficient (Wildman–Crippen LogP) is -0.679. The molecule has 0 aromatic carbocycles. The molecule has 1 rings (SSSR count). The van der Waals surface area contributed by atoms with Crippen molar-refractivity contribution >= 4 is 6.09 Å². The van der Waals surface area contributed by atoms with Crippen LogP contribution in [0.25, 0.3) is 0 Å². The number of carboxylic acid groups (broad SMARTS) is 1. The Morgan fingerprint density at radius 3 is 3.00 bits per heavy atom. The van der Waals surface area contributed by atoms with Crippen LogP contribution < -0.4 is 5.32 Å². The van der Waals surface area contributed by atoms with E-state index in [4.69, 9.17) is 10.2 Å². The van der Waals surface area contributed by atoms with E-state index >= 15 is 0 Å². The third-order valence-electron chi connectivity index (χ3n) is 2.00. The van der Waals surface area contributed by atoms with E-state index in [0.717, 1.165) is 0 Å². The van der Waals surface area contributed by atoms with Crippen LogP contribution >= 0.6 is 0 Å². The molecule has 1 unspecified atom stereocenters. The van der Waals surface area contributed by atoms with Gasteiger partial charge in [-0.25, -0.2) is 4.79 Å². The fraction of sp³-hybridized carbons (Fsp3) is 0.857. The SMILES string of the molecule is O=C(O)N1CCNC(CCO)C1. The maximum absolute atomic E-state index is 10.5. The largest absolute Gasteiger partial charge is 0.465 e. The highest BCUT2D eigenvalue weighted by Crippen LogP contribution is 2.02. The quantitative estimate of drug-likeness (QED) is 0.518. The summed E-state index contributed by atoms with van der Waals surface area (Å²) in [6.45, 7) is 1.80. The zero-order chi connectivity index (χ0) is 8.97. The van der Waals surface area contributed by atoms with Gasteiger partial charge in [0.1, 0.15) is 0 Å². The molecule has 12 heavy (non-hydrogen) atoms. The number of hydrogen-bond donors (Lipinski definition) is 3. The summed E-state index contributed by atoms with van der Waals surface area (Å²) in [7, 11) is 0. The van der Waals surface area contributed by atoms with Crippen LogP contribution in [0.2, 0.25) is 0 Å². The van der Waals surface area contributed by atoms with Gasteiger partial charge in [-0.3, -0.25) is 0 Å². The molecular formula is C7H14N2O3. The van der Waals surface area contributed by atoms with Crippen LogP contribution in [0.15, 0.2) is 0 Å². The van der Waals surface area contributed by atoms with E-state index in [2.05, 4.69) is 5.32 Å². The molecule has 3 N–H and O–H groups in total. The number of hydrogen-bond acceptors (Lipinski definition) is 3. The van der Waals surface area contributed by atoms with Crippen molar-refractivity contribution in [1.82, 2.24) is 10.2 Å². The van der Waals surface area contributed by atoms with Crippen LogP contribution in [0, 0.1) is 0 Å². The Morgan fingerprint density at radius 2 is 2.42 bits per heavy atom. The molecule has 1 aliphatic heterocycles. The van der Waals surface area contributed by atoms with Crippen LogP contribution in [-0.4, -0.2) is 53.5 Å². The summed E-state index contributed by atoms with van der Waals surface area (Å²) in [6.07, 6.45) is -0.261. The highest BCUT2D eigenvalue weighted by Gasteiger charge is 2.21. The van der Waals surface area contributed by atoms with Crippen LogP contribution in [0.4, 0.5) is 4.79 Å². The first kappa shape index (κ1) is 9.28. The normalized spacial score (nSPS) is 24.1. The number of nitrogens with one attached hydrogen (secondary N) is 1. The van der Waals surface area contributed by atoms with Crippen molar-refractivity contribution in [2.45, 2.75) is 12.5 Å². The molecule has 1 atom stereocenters. The number of aliphatic hydroxyl groups is 1. The lowest BCUT2D eigenvalue weighted by molar-refractivity contribution is 0.123. The van der Waals surface area contributed by atoms with Gasteiger partial charge in [0.05, 0.1) is 0 Å². The standard InChI is InChI=1S/C7H14N2O3/c10-4-1-6-5-9(7(11)12)3-2-8-6/h6,8,10H,1-5H2,(H,11,12). The first-order chi connectivity index (χ1) is 5.74. The summed E-state index contributed by atoms with van der Waals surface area (Å²) in [6, 6.07) is 0.111. The minimum atomic E-state index is -0.876. The molecule has 0 aromatic heterocycles. The zero-order valence-corrected chi connectivity index (χ0v) is 6.86. The molecule has 0 spiro atoms. The minimum Gasteiger partial charge on any atom is -0.465 e. The Kier molecular flexibility index (Phi) is 3.31. The van der Waals surface area contributed by atoms with E-state index in [1.54, 1.807) is 0 Å². The summed E-state index contributed by atoms with van der Waals surface area (Å²) in [5, 5.41) is 20.4. The molecule has 70 valence electrons. The molecule has 5 heteroatoms. The molecule has 1 fully saturated rings. The number of nitrogens with zero attached hydrogens (tertiary/aromatic N) is 1. The van der Waals surface area contributed by atoms with Gasteiger partial charge in [-0.1, -0.05) is 0 Å². The van der Waals surface area contributed by atoms with Crippen molar-refractivity contribution in [2.24, 2.45) is 0 Å². The molecule has 0 saturated carbocycles. The van der Waals surface area contributed by atoms with Gasteiger partial charge < -0.3 is 20.4 Å². The van der Waals surface area contributed by atoms with Gasteiger partial charge in [0.2, 0.25) is 0 Å². The Morgan fingerprint density at radius 1 is 1.67 bits per heavy atom. The lowest BCUT2D eigenvalue weighted by Gasteiger charge is -2.31. The van der Waals surface area contributed by atoms with Gasteiger partial charge in [0.25, 0.3) is 0 Å². The van der Waals surface area contributed by atoms with E-state index < -0.39 is 6.09 Å². The second-order valence-corrected chi connectivity index (χ2v) is 2.89. The van der Waals surface area contributed by atoms with Gasteiger partial charge in [-0.15, -0.1) is 0 Å². The zero-order valence-electron chi connectivity index (χ0n) is 6.86. The van der Waals surface area contributed by atoms with Crippen LogP contribution in [0.5, 0.6) is 0 Å². The molecule has 1 saturated heterocycles. The smallest absolute Gasteiger partial charge is 0.407 e. The summed E-state index contributed by atoms with van der Waals surface area (Å²) < 4.78 is 0. The van der Waals surface area contributed by atoms with Crippen molar-refractivity contribution in [2.75, 3.05) is 26.2 Å². The van der Waals surface area contributed by atoms with Gasteiger partial charge >= 0.3 is 6.09 Å². The minimum absolute atomic E-state index is 0.102. The molecule has 1 heterocycles. The molecule has 0 radical (unpaired) electrons. The predicted molar refractivity (Wildman–Crippen MR) is 43.1 cm³/mol.